The highest BCUT2D eigenvalue weighted by atomic mass is 127. The SMILES string of the molecule is CN=C(NCCNC(=O)c1cccc(OC)c1)NC1CN(C(=O)OC(C)(C)C)C1.I. The zero-order valence-corrected chi connectivity index (χ0v) is 20.5. The molecule has 10 heteroatoms. The van der Waals surface area contributed by atoms with Crippen LogP contribution < -0.4 is 20.7 Å². The number of benzene rings is 1. The molecule has 0 saturated carbocycles. The van der Waals surface area contributed by atoms with Crippen molar-refractivity contribution in [2.75, 3.05) is 40.3 Å². The molecule has 2 amide bonds. The average Bonchev–Trinajstić information content (AvgIpc) is 2.64. The minimum absolute atomic E-state index is 0. The molecule has 0 bridgehead atoms. The molecule has 30 heavy (non-hydrogen) atoms. The number of aliphatic imine (C=N–C) groups is 1. The van der Waals surface area contributed by atoms with E-state index in [-0.39, 0.29) is 42.0 Å². The molecule has 1 aromatic carbocycles. The minimum atomic E-state index is -0.498. The van der Waals surface area contributed by atoms with E-state index in [1.165, 1.54) is 0 Å². The second kappa shape index (κ2) is 11.8. The van der Waals surface area contributed by atoms with Gasteiger partial charge in [-0.2, -0.15) is 0 Å². The number of nitrogens with zero attached hydrogens (tertiary/aromatic N) is 2. The molecule has 9 nitrogen and oxygen atoms in total. The van der Waals surface area contributed by atoms with Crippen LogP contribution in [0.4, 0.5) is 4.79 Å². The van der Waals surface area contributed by atoms with Gasteiger partial charge in [-0.15, -0.1) is 24.0 Å². The number of rotatable bonds is 6. The molecule has 1 aliphatic rings. The van der Waals surface area contributed by atoms with Crippen molar-refractivity contribution in [1.29, 1.82) is 0 Å². The molecule has 0 aromatic heterocycles. The lowest BCUT2D eigenvalue weighted by Crippen LogP contribution is -2.63. The number of nitrogens with one attached hydrogen (secondary N) is 3. The van der Waals surface area contributed by atoms with Gasteiger partial charge in [0.15, 0.2) is 5.96 Å². The van der Waals surface area contributed by atoms with E-state index in [0.717, 1.165) is 0 Å². The predicted octanol–water partition coefficient (Wildman–Crippen LogP) is 1.83. The van der Waals surface area contributed by atoms with Gasteiger partial charge in [0.1, 0.15) is 11.4 Å². The monoisotopic (exact) mass is 533 g/mol. The molecule has 0 unspecified atom stereocenters. The molecule has 2 rings (SSSR count). The smallest absolute Gasteiger partial charge is 0.410 e. The number of guanidine groups is 1. The lowest BCUT2D eigenvalue weighted by atomic mass is 10.1. The van der Waals surface area contributed by atoms with Gasteiger partial charge in [-0.1, -0.05) is 6.07 Å². The van der Waals surface area contributed by atoms with Crippen molar-refractivity contribution in [2.45, 2.75) is 32.4 Å². The maximum absolute atomic E-state index is 12.2. The Kier molecular flexibility index (Phi) is 10.2. The second-order valence-corrected chi connectivity index (χ2v) is 7.71. The van der Waals surface area contributed by atoms with Crippen LogP contribution in [-0.4, -0.2) is 74.8 Å². The third-order valence-electron chi connectivity index (χ3n) is 4.13. The van der Waals surface area contributed by atoms with E-state index in [9.17, 15) is 9.59 Å². The molecular weight excluding hydrogens is 501 g/mol. The summed E-state index contributed by atoms with van der Waals surface area (Å²) < 4.78 is 10.5. The summed E-state index contributed by atoms with van der Waals surface area (Å²) in [6.07, 6.45) is -0.307. The number of likely N-dealkylation sites (tertiary alicyclic amines) is 1. The third-order valence-corrected chi connectivity index (χ3v) is 4.13. The van der Waals surface area contributed by atoms with Crippen LogP contribution in [-0.2, 0) is 4.74 Å². The lowest BCUT2D eigenvalue weighted by molar-refractivity contribution is 0.00701. The van der Waals surface area contributed by atoms with Gasteiger partial charge in [-0.05, 0) is 39.0 Å². The molecule has 1 heterocycles. The molecule has 0 atom stereocenters. The average molecular weight is 533 g/mol. The molecular formula is C20H32IN5O4. The van der Waals surface area contributed by atoms with E-state index in [1.54, 1.807) is 43.3 Å². The summed E-state index contributed by atoms with van der Waals surface area (Å²) >= 11 is 0. The quantitative estimate of drug-likeness (QED) is 0.223. The van der Waals surface area contributed by atoms with Crippen molar-refractivity contribution in [1.82, 2.24) is 20.9 Å². The highest BCUT2D eigenvalue weighted by Crippen LogP contribution is 2.15. The fourth-order valence-corrected chi connectivity index (χ4v) is 2.66. The van der Waals surface area contributed by atoms with Gasteiger partial charge in [0.25, 0.3) is 5.91 Å². The van der Waals surface area contributed by atoms with Crippen LogP contribution in [0.15, 0.2) is 29.3 Å². The van der Waals surface area contributed by atoms with Gasteiger partial charge in [0, 0.05) is 38.8 Å². The van der Waals surface area contributed by atoms with Crippen molar-refractivity contribution >= 4 is 41.9 Å². The van der Waals surface area contributed by atoms with Crippen LogP contribution in [0.2, 0.25) is 0 Å². The zero-order chi connectivity index (χ0) is 21.4. The van der Waals surface area contributed by atoms with Crippen LogP contribution in [0.3, 0.4) is 0 Å². The molecule has 0 aliphatic carbocycles. The first-order chi connectivity index (χ1) is 13.7. The summed E-state index contributed by atoms with van der Waals surface area (Å²) in [5.41, 5.74) is 0.0474. The van der Waals surface area contributed by atoms with Gasteiger partial charge >= 0.3 is 6.09 Å². The number of carbonyl (C=O) groups excluding carboxylic acids is 2. The molecule has 0 spiro atoms. The lowest BCUT2D eigenvalue weighted by Gasteiger charge is -2.40. The van der Waals surface area contributed by atoms with Gasteiger partial charge < -0.3 is 30.3 Å². The predicted molar refractivity (Wildman–Crippen MR) is 127 cm³/mol. The minimum Gasteiger partial charge on any atom is -0.497 e. The molecule has 0 radical (unpaired) electrons. The Labute approximate surface area is 195 Å². The van der Waals surface area contributed by atoms with Crippen molar-refractivity contribution in [3.05, 3.63) is 29.8 Å². The number of hydrogen-bond acceptors (Lipinski definition) is 5. The summed E-state index contributed by atoms with van der Waals surface area (Å²) in [6, 6.07) is 7.10. The highest BCUT2D eigenvalue weighted by molar-refractivity contribution is 14.0. The first kappa shape index (κ1) is 25.8. The highest BCUT2D eigenvalue weighted by Gasteiger charge is 2.34. The van der Waals surface area contributed by atoms with E-state index in [1.807, 2.05) is 20.8 Å². The molecule has 168 valence electrons. The fraction of sp³-hybridized carbons (Fsp3) is 0.550. The Bertz CT molecular complexity index is 745. The Morgan fingerprint density at radius 2 is 1.87 bits per heavy atom. The van der Waals surface area contributed by atoms with Crippen molar-refractivity contribution in [3.63, 3.8) is 0 Å². The topological polar surface area (TPSA) is 104 Å². The number of halogens is 1. The van der Waals surface area contributed by atoms with Gasteiger partial charge in [0.2, 0.25) is 0 Å². The van der Waals surface area contributed by atoms with Crippen molar-refractivity contribution < 1.29 is 19.1 Å². The molecule has 3 N–H and O–H groups in total. The van der Waals surface area contributed by atoms with Crippen LogP contribution in [0.25, 0.3) is 0 Å². The molecule has 1 fully saturated rings. The van der Waals surface area contributed by atoms with E-state index in [0.29, 0.717) is 43.5 Å². The Morgan fingerprint density at radius 1 is 1.20 bits per heavy atom. The normalized spacial score (nSPS) is 14.2. The van der Waals surface area contributed by atoms with E-state index >= 15 is 0 Å². The summed E-state index contributed by atoms with van der Waals surface area (Å²) in [5, 5.41) is 9.24. The number of carbonyl (C=O) groups is 2. The first-order valence-electron chi connectivity index (χ1n) is 9.59. The Hall–Kier alpha value is -2.24. The molecule has 1 aromatic rings. The van der Waals surface area contributed by atoms with Gasteiger partial charge in [0.05, 0.1) is 13.2 Å². The maximum Gasteiger partial charge on any atom is 0.410 e. The van der Waals surface area contributed by atoms with Crippen molar-refractivity contribution in [2.24, 2.45) is 4.99 Å². The summed E-state index contributed by atoms with van der Waals surface area (Å²) in [7, 11) is 3.24. The van der Waals surface area contributed by atoms with Crippen LogP contribution in [0.5, 0.6) is 5.75 Å². The molecule has 1 aliphatic heterocycles. The number of amides is 2. The Morgan fingerprint density at radius 3 is 2.47 bits per heavy atom. The van der Waals surface area contributed by atoms with E-state index in [4.69, 9.17) is 9.47 Å². The van der Waals surface area contributed by atoms with E-state index < -0.39 is 5.60 Å². The van der Waals surface area contributed by atoms with Crippen LogP contribution >= 0.6 is 24.0 Å². The number of methoxy groups -OCH3 is 1. The summed E-state index contributed by atoms with van der Waals surface area (Å²) in [6.45, 7) is 7.60. The largest absolute Gasteiger partial charge is 0.497 e. The third kappa shape index (κ3) is 8.25. The standard InChI is InChI=1S/C20H31N5O4.HI/c1-20(2,3)29-19(27)25-12-15(13-25)24-18(21-4)23-10-9-22-17(26)14-7-6-8-16(11-14)28-5;/h6-8,11,15H,9-10,12-13H2,1-5H3,(H,22,26)(H2,21,23,24);1H. The zero-order valence-electron chi connectivity index (χ0n) is 18.2. The summed E-state index contributed by atoms with van der Waals surface area (Å²) in [5.74, 6) is 1.09. The van der Waals surface area contributed by atoms with Gasteiger partial charge in [-0.3, -0.25) is 9.79 Å². The summed E-state index contributed by atoms with van der Waals surface area (Å²) in [4.78, 5) is 29.9. The first-order valence-corrected chi connectivity index (χ1v) is 9.59. The molecule has 1 saturated heterocycles. The second-order valence-electron chi connectivity index (χ2n) is 7.71. The van der Waals surface area contributed by atoms with Crippen LogP contribution in [0, 0.1) is 0 Å². The number of ether oxygens (including phenoxy) is 2. The van der Waals surface area contributed by atoms with Gasteiger partial charge in [-0.25, -0.2) is 4.79 Å². The van der Waals surface area contributed by atoms with Crippen molar-refractivity contribution in [3.8, 4) is 5.75 Å². The van der Waals surface area contributed by atoms with Crippen LogP contribution in [0.1, 0.15) is 31.1 Å². The Balaban J connectivity index is 0.00000450. The van der Waals surface area contributed by atoms with E-state index in [2.05, 4.69) is 20.9 Å². The maximum atomic E-state index is 12.2. The fourth-order valence-electron chi connectivity index (χ4n) is 2.66. The number of hydrogen-bond donors (Lipinski definition) is 3.